The molecule has 5 heteroatoms. The number of aryl methyl sites for hydroxylation is 1. The maximum absolute atomic E-state index is 12.4. The van der Waals surface area contributed by atoms with E-state index in [4.69, 9.17) is 0 Å². The molecule has 122 valence electrons. The Hall–Kier alpha value is -1.59. The highest BCUT2D eigenvalue weighted by Crippen LogP contribution is 2.18. The number of hydrogen-bond acceptors (Lipinski definition) is 4. The SMILES string of the molecule is CCC(CO)N1CCN(C(=O)Cc2ccc(C)c(O)c2)CC1. The summed E-state index contributed by atoms with van der Waals surface area (Å²) < 4.78 is 0. The van der Waals surface area contributed by atoms with Crippen LogP contribution in [0.15, 0.2) is 18.2 Å². The summed E-state index contributed by atoms with van der Waals surface area (Å²) in [5.41, 5.74) is 1.66. The van der Waals surface area contributed by atoms with Gasteiger partial charge in [-0.3, -0.25) is 9.69 Å². The maximum Gasteiger partial charge on any atom is 0.227 e. The van der Waals surface area contributed by atoms with Gasteiger partial charge in [-0.1, -0.05) is 19.1 Å². The Morgan fingerprint density at radius 2 is 1.95 bits per heavy atom. The van der Waals surface area contributed by atoms with Crippen LogP contribution >= 0.6 is 0 Å². The smallest absolute Gasteiger partial charge is 0.227 e. The summed E-state index contributed by atoms with van der Waals surface area (Å²) in [7, 11) is 0. The van der Waals surface area contributed by atoms with Crippen molar-refractivity contribution in [3.8, 4) is 5.75 Å². The van der Waals surface area contributed by atoms with Crippen molar-refractivity contribution in [2.75, 3.05) is 32.8 Å². The second kappa shape index (κ2) is 7.61. The molecular formula is C17H26N2O3. The number of aromatic hydroxyl groups is 1. The fourth-order valence-electron chi connectivity index (χ4n) is 2.89. The minimum atomic E-state index is 0.0972. The Balaban J connectivity index is 1.88. The summed E-state index contributed by atoms with van der Waals surface area (Å²) in [5.74, 6) is 0.337. The summed E-state index contributed by atoms with van der Waals surface area (Å²) in [6.07, 6.45) is 1.25. The van der Waals surface area contributed by atoms with E-state index in [1.807, 2.05) is 24.0 Å². The van der Waals surface area contributed by atoms with E-state index < -0.39 is 0 Å². The molecule has 0 radical (unpaired) electrons. The normalized spacial score (nSPS) is 17.5. The second-order valence-corrected chi connectivity index (χ2v) is 5.96. The van der Waals surface area contributed by atoms with Crippen molar-refractivity contribution >= 4 is 5.91 Å². The zero-order chi connectivity index (χ0) is 16.1. The first kappa shape index (κ1) is 16.8. The van der Waals surface area contributed by atoms with Gasteiger partial charge in [0.25, 0.3) is 0 Å². The van der Waals surface area contributed by atoms with Gasteiger partial charge in [0.1, 0.15) is 5.75 Å². The van der Waals surface area contributed by atoms with Crippen molar-refractivity contribution < 1.29 is 15.0 Å². The van der Waals surface area contributed by atoms with Gasteiger partial charge < -0.3 is 15.1 Å². The van der Waals surface area contributed by atoms with Crippen LogP contribution in [0.4, 0.5) is 0 Å². The minimum Gasteiger partial charge on any atom is -0.508 e. The van der Waals surface area contributed by atoms with Crippen molar-refractivity contribution in [2.45, 2.75) is 32.7 Å². The number of benzene rings is 1. The van der Waals surface area contributed by atoms with Gasteiger partial charge >= 0.3 is 0 Å². The van der Waals surface area contributed by atoms with Gasteiger partial charge in [0, 0.05) is 32.2 Å². The number of carbonyl (C=O) groups is 1. The largest absolute Gasteiger partial charge is 0.508 e. The van der Waals surface area contributed by atoms with E-state index >= 15 is 0 Å². The first-order valence-corrected chi connectivity index (χ1v) is 7.96. The van der Waals surface area contributed by atoms with Crippen LogP contribution in [0, 0.1) is 6.92 Å². The molecule has 2 rings (SSSR count). The lowest BCUT2D eigenvalue weighted by molar-refractivity contribution is -0.132. The van der Waals surface area contributed by atoms with E-state index in [9.17, 15) is 15.0 Å². The van der Waals surface area contributed by atoms with Gasteiger partial charge in [-0.2, -0.15) is 0 Å². The average Bonchev–Trinajstić information content (AvgIpc) is 2.53. The van der Waals surface area contributed by atoms with Crippen molar-refractivity contribution in [3.05, 3.63) is 29.3 Å². The van der Waals surface area contributed by atoms with E-state index in [-0.39, 0.29) is 24.3 Å². The Kier molecular flexibility index (Phi) is 5.80. The number of nitrogens with zero attached hydrogens (tertiary/aromatic N) is 2. The molecule has 5 nitrogen and oxygen atoms in total. The quantitative estimate of drug-likeness (QED) is 0.857. The number of piperazine rings is 1. The Morgan fingerprint density at radius 3 is 2.50 bits per heavy atom. The van der Waals surface area contributed by atoms with E-state index in [1.165, 1.54) is 0 Å². The molecule has 1 fully saturated rings. The molecule has 1 saturated heterocycles. The standard InChI is InChI=1S/C17H26N2O3/c1-3-15(12-20)18-6-8-19(9-7-18)17(22)11-14-5-4-13(2)16(21)10-14/h4-5,10,15,20-21H,3,6-9,11-12H2,1-2H3. The van der Waals surface area contributed by atoms with Crippen LogP contribution < -0.4 is 0 Å². The van der Waals surface area contributed by atoms with Crippen LogP contribution in [0.2, 0.25) is 0 Å². The molecule has 1 heterocycles. The Labute approximate surface area is 132 Å². The molecule has 1 aromatic carbocycles. The predicted molar refractivity (Wildman–Crippen MR) is 85.9 cm³/mol. The first-order valence-electron chi connectivity index (χ1n) is 7.96. The molecule has 1 unspecified atom stereocenters. The molecule has 0 saturated carbocycles. The van der Waals surface area contributed by atoms with Crippen molar-refractivity contribution in [2.24, 2.45) is 0 Å². The fourth-order valence-corrected chi connectivity index (χ4v) is 2.89. The van der Waals surface area contributed by atoms with E-state index in [0.29, 0.717) is 19.5 Å². The van der Waals surface area contributed by atoms with E-state index in [2.05, 4.69) is 11.8 Å². The topological polar surface area (TPSA) is 64.0 Å². The fraction of sp³-hybridized carbons (Fsp3) is 0.588. The molecule has 0 spiro atoms. The number of phenols is 1. The molecule has 0 bridgehead atoms. The van der Waals surface area contributed by atoms with Crippen molar-refractivity contribution in [3.63, 3.8) is 0 Å². The number of carbonyl (C=O) groups excluding carboxylic acids is 1. The lowest BCUT2D eigenvalue weighted by Crippen LogP contribution is -2.53. The third-order valence-electron chi connectivity index (χ3n) is 4.49. The molecule has 0 aliphatic carbocycles. The third-order valence-corrected chi connectivity index (χ3v) is 4.49. The Bertz CT molecular complexity index is 507. The van der Waals surface area contributed by atoms with E-state index in [0.717, 1.165) is 30.6 Å². The molecule has 1 aliphatic heterocycles. The number of rotatable bonds is 5. The first-order chi connectivity index (χ1) is 10.5. The molecule has 1 atom stereocenters. The molecule has 22 heavy (non-hydrogen) atoms. The van der Waals surface area contributed by atoms with Crippen molar-refractivity contribution in [1.82, 2.24) is 9.80 Å². The average molecular weight is 306 g/mol. The van der Waals surface area contributed by atoms with E-state index in [1.54, 1.807) is 6.07 Å². The van der Waals surface area contributed by atoms with Gasteiger partial charge in [-0.15, -0.1) is 0 Å². The van der Waals surface area contributed by atoms with Crippen LogP contribution in [0.3, 0.4) is 0 Å². The van der Waals surface area contributed by atoms with Crippen LogP contribution in [-0.4, -0.2) is 64.7 Å². The molecule has 0 aromatic heterocycles. The zero-order valence-electron chi connectivity index (χ0n) is 13.5. The highest BCUT2D eigenvalue weighted by Gasteiger charge is 2.24. The van der Waals surface area contributed by atoms with Crippen LogP contribution in [0.1, 0.15) is 24.5 Å². The monoisotopic (exact) mass is 306 g/mol. The van der Waals surface area contributed by atoms with Crippen LogP contribution in [0.25, 0.3) is 0 Å². The van der Waals surface area contributed by atoms with Gasteiger partial charge in [0.15, 0.2) is 0 Å². The molecule has 1 amide bonds. The molecular weight excluding hydrogens is 280 g/mol. The number of hydrogen-bond donors (Lipinski definition) is 2. The number of phenolic OH excluding ortho intramolecular Hbond substituents is 1. The highest BCUT2D eigenvalue weighted by molar-refractivity contribution is 5.79. The van der Waals surface area contributed by atoms with Gasteiger partial charge in [-0.05, 0) is 30.5 Å². The molecule has 2 N–H and O–H groups in total. The van der Waals surface area contributed by atoms with Gasteiger partial charge in [-0.25, -0.2) is 0 Å². The van der Waals surface area contributed by atoms with Crippen LogP contribution in [-0.2, 0) is 11.2 Å². The van der Waals surface area contributed by atoms with Gasteiger partial charge in [0.2, 0.25) is 5.91 Å². The lowest BCUT2D eigenvalue weighted by Gasteiger charge is -2.38. The molecule has 1 aromatic rings. The zero-order valence-corrected chi connectivity index (χ0v) is 13.5. The van der Waals surface area contributed by atoms with Gasteiger partial charge in [0.05, 0.1) is 13.0 Å². The number of aliphatic hydroxyl groups excluding tert-OH is 1. The third kappa shape index (κ3) is 3.99. The van der Waals surface area contributed by atoms with Crippen molar-refractivity contribution in [1.29, 1.82) is 0 Å². The summed E-state index contributed by atoms with van der Waals surface area (Å²) in [4.78, 5) is 16.5. The number of aliphatic hydroxyl groups is 1. The maximum atomic E-state index is 12.4. The predicted octanol–water partition coefficient (Wildman–Crippen LogP) is 1.16. The lowest BCUT2D eigenvalue weighted by atomic mass is 10.1. The number of amides is 1. The second-order valence-electron chi connectivity index (χ2n) is 5.96. The Morgan fingerprint density at radius 1 is 1.27 bits per heavy atom. The highest BCUT2D eigenvalue weighted by atomic mass is 16.3. The summed E-state index contributed by atoms with van der Waals surface area (Å²) in [6, 6.07) is 5.60. The summed E-state index contributed by atoms with van der Waals surface area (Å²) in [6.45, 7) is 7.11. The summed E-state index contributed by atoms with van der Waals surface area (Å²) >= 11 is 0. The summed E-state index contributed by atoms with van der Waals surface area (Å²) in [5, 5.41) is 19.1. The molecule has 1 aliphatic rings. The van der Waals surface area contributed by atoms with Crippen LogP contribution in [0.5, 0.6) is 5.75 Å². The minimum absolute atomic E-state index is 0.0972.